The molecule has 9 nitrogen and oxygen atoms in total. The second kappa shape index (κ2) is 10.1. The maximum absolute atomic E-state index is 13.2. The monoisotopic (exact) mass is 476 g/mol. The summed E-state index contributed by atoms with van der Waals surface area (Å²) in [7, 11) is 1.21. The lowest BCUT2D eigenvalue weighted by atomic mass is 10.1. The van der Waals surface area contributed by atoms with Crippen LogP contribution < -0.4 is 19.7 Å². The Balaban J connectivity index is 1.98. The molecule has 1 saturated heterocycles. The van der Waals surface area contributed by atoms with Crippen molar-refractivity contribution in [3.05, 3.63) is 58.4 Å². The normalized spacial score (nSPS) is 14.8. The number of carbonyl (C=O) groups excluding carboxylic acids is 4. The molecule has 0 atom stereocenters. The van der Waals surface area contributed by atoms with E-state index in [9.17, 15) is 23.6 Å². The van der Waals surface area contributed by atoms with Gasteiger partial charge in [-0.05, 0) is 55.0 Å². The lowest BCUT2D eigenvalue weighted by molar-refractivity contribution is -0.143. The predicted octanol–water partition coefficient (Wildman–Crippen LogP) is 3.10. The number of nitrogens with one attached hydrogen (secondary N) is 1. The highest BCUT2D eigenvalue weighted by Gasteiger charge is 2.36. The highest BCUT2D eigenvalue weighted by atomic mass is 35.5. The third-order valence-corrected chi connectivity index (χ3v) is 4.67. The minimum atomic E-state index is -0.964. The Kier molecular flexibility index (Phi) is 7.29. The summed E-state index contributed by atoms with van der Waals surface area (Å²) in [5.74, 6) is -2.76. The number of esters is 1. The van der Waals surface area contributed by atoms with Gasteiger partial charge in [0.05, 0.1) is 24.4 Å². The average molecular weight is 477 g/mol. The van der Waals surface area contributed by atoms with Crippen molar-refractivity contribution in [2.45, 2.75) is 6.92 Å². The fourth-order valence-electron chi connectivity index (χ4n) is 2.91. The molecule has 0 unspecified atom stereocenters. The number of barbiturate groups is 1. The highest BCUT2D eigenvalue weighted by molar-refractivity contribution is 6.39. The van der Waals surface area contributed by atoms with Gasteiger partial charge in [-0.15, -0.1) is 0 Å². The van der Waals surface area contributed by atoms with Crippen LogP contribution in [0.1, 0.15) is 12.5 Å². The minimum Gasteiger partial charge on any atom is -0.490 e. The van der Waals surface area contributed by atoms with Gasteiger partial charge in [-0.2, -0.15) is 0 Å². The maximum atomic E-state index is 13.2. The van der Waals surface area contributed by atoms with Crippen molar-refractivity contribution in [1.82, 2.24) is 5.32 Å². The Hall–Kier alpha value is -3.92. The first-order valence-electron chi connectivity index (χ1n) is 9.58. The van der Waals surface area contributed by atoms with Gasteiger partial charge in [0, 0.05) is 0 Å². The zero-order valence-electron chi connectivity index (χ0n) is 17.5. The number of nitrogens with zero attached hydrogens (tertiary/aromatic N) is 1. The topological polar surface area (TPSA) is 111 Å². The number of methoxy groups -OCH3 is 1. The van der Waals surface area contributed by atoms with Crippen LogP contribution >= 0.6 is 11.6 Å². The van der Waals surface area contributed by atoms with Crippen molar-refractivity contribution in [2.75, 3.05) is 25.2 Å². The van der Waals surface area contributed by atoms with Crippen molar-refractivity contribution in [2.24, 2.45) is 0 Å². The number of urea groups is 1. The molecule has 1 N–H and O–H groups in total. The van der Waals surface area contributed by atoms with E-state index in [-0.39, 0.29) is 34.4 Å². The molecule has 2 aromatic rings. The molecular formula is C22H18ClFN2O7. The van der Waals surface area contributed by atoms with E-state index in [0.29, 0.717) is 10.5 Å². The number of anilines is 1. The molecule has 0 saturated carbocycles. The van der Waals surface area contributed by atoms with Gasteiger partial charge in [0.2, 0.25) is 0 Å². The number of rotatable bonds is 7. The Bertz CT molecular complexity index is 1150. The SMILES string of the molecule is CCOc1cc(/C=C2\C(=O)NC(=O)N(c3ccc(F)cc3)C2=O)cc(Cl)c1OCC(=O)OC. The van der Waals surface area contributed by atoms with Gasteiger partial charge in [-0.3, -0.25) is 14.9 Å². The summed E-state index contributed by atoms with van der Waals surface area (Å²) in [5.41, 5.74) is 0.0124. The number of imide groups is 2. The second-order valence-corrected chi connectivity index (χ2v) is 6.97. The molecule has 0 aromatic heterocycles. The number of carbonyl (C=O) groups is 4. The van der Waals surface area contributed by atoms with E-state index < -0.39 is 36.2 Å². The van der Waals surface area contributed by atoms with Crippen molar-refractivity contribution >= 4 is 47.2 Å². The van der Waals surface area contributed by atoms with Gasteiger partial charge in [0.1, 0.15) is 11.4 Å². The molecule has 4 amide bonds. The molecule has 0 spiro atoms. The summed E-state index contributed by atoms with van der Waals surface area (Å²) in [5, 5.41) is 2.12. The minimum absolute atomic E-state index is 0.0480. The first-order valence-corrected chi connectivity index (χ1v) is 9.96. The molecule has 11 heteroatoms. The van der Waals surface area contributed by atoms with Gasteiger partial charge < -0.3 is 14.2 Å². The lowest BCUT2D eigenvalue weighted by Crippen LogP contribution is -2.54. The quantitative estimate of drug-likeness (QED) is 0.371. The summed E-state index contributed by atoms with van der Waals surface area (Å²) < 4.78 is 28.7. The van der Waals surface area contributed by atoms with Crippen LogP contribution in [0.25, 0.3) is 6.08 Å². The number of hydrogen-bond acceptors (Lipinski definition) is 7. The van der Waals surface area contributed by atoms with E-state index in [0.717, 1.165) is 12.1 Å². The number of ether oxygens (including phenoxy) is 3. The van der Waals surface area contributed by atoms with E-state index >= 15 is 0 Å². The molecule has 1 aliphatic heterocycles. The van der Waals surface area contributed by atoms with E-state index in [2.05, 4.69) is 10.1 Å². The van der Waals surface area contributed by atoms with Crippen molar-refractivity contribution in [3.8, 4) is 11.5 Å². The molecule has 0 aliphatic carbocycles. The van der Waals surface area contributed by atoms with E-state index in [1.165, 1.54) is 37.5 Å². The molecular weight excluding hydrogens is 459 g/mol. The molecule has 0 bridgehead atoms. The standard InChI is InChI=1S/C22H18ClFN2O7/c1-3-32-17-10-12(9-16(23)19(17)33-11-18(27)31-2)8-15-20(28)25-22(30)26(21(15)29)14-6-4-13(24)5-7-14/h4-10H,3,11H2,1-2H3,(H,25,28,30)/b15-8+. The molecule has 33 heavy (non-hydrogen) atoms. The molecule has 0 radical (unpaired) electrons. The van der Waals surface area contributed by atoms with Crippen molar-refractivity contribution in [3.63, 3.8) is 0 Å². The summed E-state index contributed by atoms with van der Waals surface area (Å²) in [6, 6.07) is 6.51. The zero-order chi connectivity index (χ0) is 24.1. The molecule has 172 valence electrons. The average Bonchev–Trinajstić information content (AvgIpc) is 2.77. The molecule has 3 rings (SSSR count). The molecule has 1 aliphatic rings. The van der Waals surface area contributed by atoms with Gasteiger partial charge in [-0.1, -0.05) is 11.6 Å². The number of halogens is 2. The van der Waals surface area contributed by atoms with Crippen LogP contribution in [-0.4, -0.2) is 44.1 Å². The Morgan fingerprint density at radius 2 is 1.85 bits per heavy atom. The van der Waals surface area contributed by atoms with E-state index in [1.54, 1.807) is 6.92 Å². The predicted molar refractivity (Wildman–Crippen MR) is 116 cm³/mol. The van der Waals surface area contributed by atoms with Gasteiger partial charge in [0.25, 0.3) is 11.8 Å². The van der Waals surface area contributed by atoms with Crippen LogP contribution in [-0.2, 0) is 19.1 Å². The number of amides is 4. The summed E-state index contributed by atoms with van der Waals surface area (Å²) in [4.78, 5) is 49.7. The third-order valence-electron chi connectivity index (χ3n) is 4.39. The van der Waals surface area contributed by atoms with Crippen LogP contribution in [0.3, 0.4) is 0 Å². The van der Waals surface area contributed by atoms with Gasteiger partial charge in [-0.25, -0.2) is 18.9 Å². The number of hydrogen-bond donors (Lipinski definition) is 1. The van der Waals surface area contributed by atoms with Crippen LogP contribution in [0.4, 0.5) is 14.9 Å². The molecule has 1 heterocycles. The maximum Gasteiger partial charge on any atom is 0.343 e. The van der Waals surface area contributed by atoms with Crippen molar-refractivity contribution in [1.29, 1.82) is 0 Å². The molecule has 1 fully saturated rings. The highest BCUT2D eigenvalue weighted by Crippen LogP contribution is 2.37. The molecule has 2 aromatic carbocycles. The Morgan fingerprint density at radius 3 is 2.48 bits per heavy atom. The summed E-state index contributed by atoms with van der Waals surface area (Å²) in [6.07, 6.45) is 1.22. The zero-order valence-corrected chi connectivity index (χ0v) is 18.3. The van der Waals surface area contributed by atoms with E-state index in [1.807, 2.05) is 0 Å². The number of benzene rings is 2. The first-order chi connectivity index (χ1) is 15.7. The van der Waals surface area contributed by atoms with Gasteiger partial charge in [0.15, 0.2) is 18.1 Å². The van der Waals surface area contributed by atoms with Crippen molar-refractivity contribution < 1.29 is 37.8 Å². The Morgan fingerprint density at radius 1 is 1.15 bits per heavy atom. The fraction of sp³-hybridized carbons (Fsp3) is 0.182. The van der Waals surface area contributed by atoms with Crippen LogP contribution in [0, 0.1) is 5.82 Å². The first kappa shape index (κ1) is 23.7. The van der Waals surface area contributed by atoms with Crippen LogP contribution in [0.5, 0.6) is 11.5 Å². The largest absolute Gasteiger partial charge is 0.490 e. The van der Waals surface area contributed by atoms with E-state index in [4.69, 9.17) is 21.1 Å². The smallest absolute Gasteiger partial charge is 0.343 e. The fourth-order valence-corrected chi connectivity index (χ4v) is 3.19. The third kappa shape index (κ3) is 5.29. The van der Waals surface area contributed by atoms with Gasteiger partial charge >= 0.3 is 12.0 Å². The van der Waals surface area contributed by atoms with Crippen LogP contribution in [0.15, 0.2) is 42.0 Å². The lowest BCUT2D eigenvalue weighted by Gasteiger charge is -2.26. The summed E-state index contributed by atoms with van der Waals surface area (Å²) >= 11 is 6.28. The summed E-state index contributed by atoms with van der Waals surface area (Å²) in [6.45, 7) is 1.54. The second-order valence-electron chi connectivity index (χ2n) is 6.56. The Labute approximate surface area is 192 Å². The van der Waals surface area contributed by atoms with Crippen LogP contribution in [0.2, 0.25) is 5.02 Å².